The second-order valence-electron chi connectivity index (χ2n) is 7.56. The van der Waals surface area contributed by atoms with Crippen LogP contribution in [0.2, 0.25) is 0 Å². The maximum absolute atomic E-state index is 12.5. The van der Waals surface area contributed by atoms with E-state index in [1.54, 1.807) is 4.90 Å². The van der Waals surface area contributed by atoms with Crippen LogP contribution in [0.1, 0.15) is 26.3 Å². The second kappa shape index (κ2) is 6.09. The van der Waals surface area contributed by atoms with Gasteiger partial charge in [-0.2, -0.15) is 0 Å². The molecule has 0 bridgehead atoms. The summed E-state index contributed by atoms with van der Waals surface area (Å²) in [6, 6.07) is 9.70. The predicted molar refractivity (Wildman–Crippen MR) is 88.7 cm³/mol. The van der Waals surface area contributed by atoms with Crippen LogP contribution in [0.4, 0.5) is 4.79 Å². The number of fused-ring (bicyclic) bond motifs is 1. The van der Waals surface area contributed by atoms with Gasteiger partial charge in [0, 0.05) is 18.6 Å². The number of ether oxygens (including phenoxy) is 1. The Balaban J connectivity index is 1.75. The number of carboxylic acid groups (broad SMARTS) is 1. The lowest BCUT2D eigenvalue weighted by Gasteiger charge is -2.46. The molecule has 0 spiro atoms. The van der Waals surface area contributed by atoms with E-state index in [0.717, 1.165) is 12.0 Å². The fourth-order valence-corrected chi connectivity index (χ4v) is 3.58. The highest BCUT2D eigenvalue weighted by atomic mass is 16.6. The summed E-state index contributed by atoms with van der Waals surface area (Å²) in [6.45, 7) is 5.63. The normalized spacial score (nSPS) is 28.9. The molecule has 2 fully saturated rings. The van der Waals surface area contributed by atoms with Crippen molar-refractivity contribution in [3.05, 3.63) is 35.9 Å². The number of hydrogen-bond donors (Lipinski definition) is 2. The van der Waals surface area contributed by atoms with Crippen molar-refractivity contribution in [2.75, 3.05) is 6.54 Å². The third-order valence-electron chi connectivity index (χ3n) is 4.62. The van der Waals surface area contributed by atoms with Crippen molar-refractivity contribution < 1.29 is 19.4 Å². The Labute approximate surface area is 141 Å². The minimum absolute atomic E-state index is 0.0502. The van der Waals surface area contributed by atoms with Crippen LogP contribution < -0.4 is 5.32 Å². The Morgan fingerprint density at radius 1 is 1.29 bits per heavy atom. The van der Waals surface area contributed by atoms with Crippen molar-refractivity contribution in [1.82, 2.24) is 10.2 Å². The minimum atomic E-state index is -0.873. The van der Waals surface area contributed by atoms with Crippen molar-refractivity contribution >= 4 is 12.1 Å². The fourth-order valence-electron chi connectivity index (χ4n) is 3.58. The number of likely N-dealkylation sites (tertiary alicyclic amines) is 1. The summed E-state index contributed by atoms with van der Waals surface area (Å²) in [7, 11) is 0. The number of nitrogens with one attached hydrogen (secondary N) is 1. The summed E-state index contributed by atoms with van der Waals surface area (Å²) >= 11 is 0. The van der Waals surface area contributed by atoms with Crippen molar-refractivity contribution in [1.29, 1.82) is 0 Å². The molecular formula is C18H24N2O4. The van der Waals surface area contributed by atoms with Gasteiger partial charge in [-0.05, 0) is 32.8 Å². The molecule has 130 valence electrons. The van der Waals surface area contributed by atoms with Crippen molar-refractivity contribution in [3.63, 3.8) is 0 Å². The molecule has 2 aliphatic rings. The number of benzene rings is 1. The molecule has 0 saturated carbocycles. The first-order valence-corrected chi connectivity index (χ1v) is 8.28. The van der Waals surface area contributed by atoms with Gasteiger partial charge in [-0.25, -0.2) is 4.79 Å². The Kier molecular flexibility index (Phi) is 4.25. The first-order chi connectivity index (χ1) is 11.3. The van der Waals surface area contributed by atoms with Gasteiger partial charge in [-0.3, -0.25) is 4.79 Å². The Bertz CT molecular complexity index is 626. The average Bonchev–Trinajstić information content (AvgIpc) is 2.77. The molecule has 2 unspecified atom stereocenters. The summed E-state index contributed by atoms with van der Waals surface area (Å²) in [4.78, 5) is 25.6. The second-order valence-corrected chi connectivity index (χ2v) is 7.56. The molecule has 2 aliphatic heterocycles. The molecule has 1 amide bonds. The van der Waals surface area contributed by atoms with Crippen LogP contribution in [0, 0.1) is 5.92 Å². The molecule has 6 nitrogen and oxygen atoms in total. The van der Waals surface area contributed by atoms with E-state index < -0.39 is 23.6 Å². The molecular weight excluding hydrogens is 308 g/mol. The van der Waals surface area contributed by atoms with Crippen molar-refractivity contribution in [3.8, 4) is 0 Å². The highest BCUT2D eigenvalue weighted by Gasteiger charge is 2.57. The van der Waals surface area contributed by atoms with E-state index in [1.165, 1.54) is 0 Å². The lowest BCUT2D eigenvalue weighted by atomic mass is 9.82. The number of hydrogen-bond acceptors (Lipinski definition) is 4. The zero-order valence-corrected chi connectivity index (χ0v) is 14.2. The zero-order chi connectivity index (χ0) is 17.5. The van der Waals surface area contributed by atoms with Crippen molar-refractivity contribution in [2.45, 2.75) is 50.9 Å². The quantitative estimate of drug-likeness (QED) is 0.884. The van der Waals surface area contributed by atoms with E-state index in [4.69, 9.17) is 4.74 Å². The molecule has 4 atom stereocenters. The molecule has 2 saturated heterocycles. The molecule has 0 radical (unpaired) electrons. The number of amides is 1. The van der Waals surface area contributed by atoms with Crippen LogP contribution in [-0.2, 0) is 16.0 Å². The van der Waals surface area contributed by atoms with Gasteiger partial charge < -0.3 is 20.1 Å². The first-order valence-electron chi connectivity index (χ1n) is 8.28. The number of nitrogens with zero attached hydrogens (tertiary/aromatic N) is 1. The third kappa shape index (κ3) is 3.24. The third-order valence-corrected chi connectivity index (χ3v) is 4.62. The maximum Gasteiger partial charge on any atom is 0.410 e. The zero-order valence-electron chi connectivity index (χ0n) is 14.2. The number of aliphatic carboxylic acids is 1. The topological polar surface area (TPSA) is 78.9 Å². The van der Waals surface area contributed by atoms with Gasteiger partial charge >= 0.3 is 12.1 Å². The minimum Gasteiger partial charge on any atom is -0.481 e. The van der Waals surface area contributed by atoms with E-state index >= 15 is 0 Å². The SMILES string of the molecule is CC(C)(C)OC(=O)N1CC(C(=O)O)[C@@H]2NC(Cc3ccccc3)[C@@H]21. The maximum atomic E-state index is 12.5. The molecule has 24 heavy (non-hydrogen) atoms. The van der Waals surface area contributed by atoms with Gasteiger partial charge in [0.05, 0.1) is 12.0 Å². The summed E-state index contributed by atoms with van der Waals surface area (Å²) < 4.78 is 5.47. The van der Waals surface area contributed by atoms with E-state index in [9.17, 15) is 14.7 Å². The lowest BCUT2D eigenvalue weighted by Crippen LogP contribution is -2.70. The smallest absolute Gasteiger partial charge is 0.410 e. The van der Waals surface area contributed by atoms with Gasteiger partial charge in [0.2, 0.25) is 0 Å². The van der Waals surface area contributed by atoms with Crippen LogP contribution in [0.5, 0.6) is 0 Å². The largest absolute Gasteiger partial charge is 0.481 e. The number of rotatable bonds is 3. The number of carbonyl (C=O) groups is 2. The molecule has 1 aromatic rings. The lowest BCUT2D eigenvalue weighted by molar-refractivity contribution is -0.142. The van der Waals surface area contributed by atoms with Gasteiger partial charge in [0.1, 0.15) is 5.60 Å². The Hall–Kier alpha value is -2.08. The molecule has 0 aliphatic carbocycles. The first kappa shape index (κ1) is 16.8. The van der Waals surface area contributed by atoms with Crippen LogP contribution in [-0.4, -0.2) is 52.3 Å². The van der Waals surface area contributed by atoms with Crippen molar-refractivity contribution in [2.24, 2.45) is 5.92 Å². The van der Waals surface area contributed by atoms with E-state index in [1.807, 2.05) is 51.1 Å². The summed E-state index contributed by atoms with van der Waals surface area (Å²) in [5.41, 5.74) is 0.566. The monoisotopic (exact) mass is 332 g/mol. The molecule has 3 rings (SSSR count). The van der Waals surface area contributed by atoms with Crippen LogP contribution in [0.15, 0.2) is 30.3 Å². The average molecular weight is 332 g/mol. The van der Waals surface area contributed by atoms with E-state index in [2.05, 4.69) is 5.32 Å². The van der Waals surface area contributed by atoms with Gasteiger partial charge in [-0.1, -0.05) is 30.3 Å². The summed E-state index contributed by atoms with van der Waals surface area (Å²) in [6.07, 6.45) is 0.328. The Morgan fingerprint density at radius 2 is 1.96 bits per heavy atom. The molecule has 2 N–H and O–H groups in total. The molecule has 0 aromatic heterocycles. The van der Waals surface area contributed by atoms with E-state index in [0.29, 0.717) is 0 Å². The summed E-state index contributed by atoms with van der Waals surface area (Å²) in [5.74, 6) is -1.46. The van der Waals surface area contributed by atoms with Gasteiger partial charge in [0.25, 0.3) is 0 Å². The Morgan fingerprint density at radius 3 is 2.54 bits per heavy atom. The highest BCUT2D eigenvalue weighted by molar-refractivity contribution is 5.76. The molecule has 1 aromatic carbocycles. The fraction of sp³-hybridized carbons (Fsp3) is 0.556. The van der Waals surface area contributed by atoms with Crippen LogP contribution >= 0.6 is 0 Å². The van der Waals surface area contributed by atoms with Gasteiger partial charge in [0.15, 0.2) is 0 Å². The van der Waals surface area contributed by atoms with Gasteiger partial charge in [-0.15, -0.1) is 0 Å². The number of carboxylic acids is 1. The summed E-state index contributed by atoms with van der Waals surface area (Å²) in [5, 5.41) is 12.8. The van der Waals surface area contributed by atoms with Crippen LogP contribution in [0.25, 0.3) is 0 Å². The molecule has 2 heterocycles. The highest BCUT2D eigenvalue weighted by Crippen LogP contribution is 2.36. The standard InChI is InChI=1S/C18H24N2O4/c1-18(2,3)24-17(23)20-10-12(16(21)22)14-15(20)13(19-14)9-11-7-5-4-6-8-11/h4-8,12-15,19H,9-10H2,1-3H3,(H,21,22)/t12?,13?,14-,15-/m0/s1. The predicted octanol–water partition coefficient (Wildman–Crippen LogP) is 1.89. The van der Waals surface area contributed by atoms with Crippen LogP contribution in [0.3, 0.4) is 0 Å². The number of carbonyl (C=O) groups excluding carboxylic acids is 1. The molecule has 6 heteroatoms. The van der Waals surface area contributed by atoms with E-state index in [-0.39, 0.29) is 24.7 Å².